The maximum Gasteiger partial charge on any atom is 0.506 e. The summed E-state index contributed by atoms with van der Waals surface area (Å²) in [5.41, 5.74) is 0. The van der Waals surface area contributed by atoms with Gasteiger partial charge in [0.2, 0.25) is 0 Å². The molecular weight excluding hydrogens is 124 g/mol. The van der Waals surface area contributed by atoms with E-state index >= 15 is 0 Å². The Bertz CT molecular complexity index is 108. The molecule has 2 N–H and O–H groups in total. The summed E-state index contributed by atoms with van der Waals surface area (Å²) in [6.45, 7) is -0.0983. The van der Waals surface area contributed by atoms with Crippen LogP contribution in [0.5, 0.6) is 0 Å². The topological polar surface area (TPSA) is 66.8 Å². The predicted octanol–water partition coefficient (Wildman–Crippen LogP) is 0.230. The molecule has 0 bridgehead atoms. The molecule has 52 valence electrons. The number of carbonyl (C=O) groups is 1. The first kappa shape index (κ1) is 7.97. The van der Waals surface area contributed by atoms with Crippen molar-refractivity contribution in [1.29, 1.82) is 0 Å². The van der Waals surface area contributed by atoms with Crippen LogP contribution >= 0.6 is 0 Å². The molecule has 0 atom stereocenters. The lowest BCUT2D eigenvalue weighted by Crippen LogP contribution is -1.98. The van der Waals surface area contributed by atoms with Crippen molar-refractivity contribution in [2.45, 2.75) is 0 Å². The summed E-state index contributed by atoms with van der Waals surface area (Å²) in [7, 11) is 0. The zero-order valence-corrected chi connectivity index (χ0v) is 4.78. The van der Waals surface area contributed by atoms with Gasteiger partial charge in [-0.25, -0.2) is 4.79 Å². The quantitative estimate of drug-likeness (QED) is 0.426. The van der Waals surface area contributed by atoms with Crippen molar-refractivity contribution in [3.05, 3.63) is 12.2 Å². The molecule has 0 spiro atoms. The maximum atomic E-state index is 9.64. The normalized spacial score (nSPS) is 9.89. The summed E-state index contributed by atoms with van der Waals surface area (Å²) in [6, 6.07) is 0. The molecule has 0 heterocycles. The Morgan fingerprint density at radius 2 is 2.22 bits per heavy atom. The lowest BCUT2D eigenvalue weighted by atomic mass is 10.5. The molecule has 0 amide bonds. The fourth-order valence-corrected chi connectivity index (χ4v) is 0.262. The van der Waals surface area contributed by atoms with E-state index in [-0.39, 0.29) is 13.2 Å². The smallest absolute Gasteiger partial charge is 0.450 e. The van der Waals surface area contributed by atoms with Gasteiger partial charge in [-0.3, -0.25) is 0 Å². The summed E-state index contributed by atoms with van der Waals surface area (Å²) in [6.07, 6.45) is 1.52. The molecule has 0 aromatic carbocycles. The second kappa shape index (κ2) is 5.11. The van der Waals surface area contributed by atoms with Crippen molar-refractivity contribution in [3.63, 3.8) is 0 Å². The molecule has 0 aliphatic rings. The molecule has 9 heavy (non-hydrogen) atoms. The van der Waals surface area contributed by atoms with Crippen LogP contribution in [-0.4, -0.2) is 29.6 Å². The molecule has 0 aliphatic heterocycles. The predicted molar refractivity (Wildman–Crippen MR) is 30.2 cm³/mol. The van der Waals surface area contributed by atoms with Crippen LogP contribution in [0.25, 0.3) is 0 Å². The number of aliphatic hydroxyl groups is 1. The highest BCUT2D eigenvalue weighted by molar-refractivity contribution is 5.56. The standard InChI is InChI=1S/C5H8O4/c6-3-1-2-4-9-5(7)8/h1-2,6H,3-4H2,(H,7,8)/b2-1+. The van der Waals surface area contributed by atoms with E-state index in [0.29, 0.717) is 0 Å². The molecule has 0 aromatic heterocycles. The summed E-state index contributed by atoms with van der Waals surface area (Å²) in [5, 5.41) is 16.0. The van der Waals surface area contributed by atoms with E-state index in [2.05, 4.69) is 4.74 Å². The third kappa shape index (κ3) is 6.97. The lowest BCUT2D eigenvalue weighted by molar-refractivity contribution is 0.102. The van der Waals surface area contributed by atoms with Gasteiger partial charge >= 0.3 is 6.16 Å². The van der Waals surface area contributed by atoms with Crippen LogP contribution in [0.1, 0.15) is 0 Å². The lowest BCUT2D eigenvalue weighted by Gasteiger charge is -1.90. The zero-order chi connectivity index (χ0) is 7.11. The summed E-state index contributed by atoms with van der Waals surface area (Å²) in [5.74, 6) is 0. The van der Waals surface area contributed by atoms with E-state index in [9.17, 15) is 4.79 Å². The highest BCUT2D eigenvalue weighted by Crippen LogP contribution is 1.77. The van der Waals surface area contributed by atoms with Crippen molar-refractivity contribution in [1.82, 2.24) is 0 Å². The minimum Gasteiger partial charge on any atom is -0.450 e. The third-order valence-electron chi connectivity index (χ3n) is 0.575. The van der Waals surface area contributed by atoms with Gasteiger partial charge in [0.25, 0.3) is 0 Å². The number of carboxylic acid groups (broad SMARTS) is 1. The average molecular weight is 132 g/mol. The van der Waals surface area contributed by atoms with Crippen LogP contribution in [0.15, 0.2) is 12.2 Å². The fourth-order valence-electron chi connectivity index (χ4n) is 0.262. The van der Waals surface area contributed by atoms with Gasteiger partial charge in [-0.05, 0) is 6.08 Å². The number of rotatable bonds is 3. The van der Waals surface area contributed by atoms with Gasteiger partial charge in [-0.2, -0.15) is 0 Å². The van der Waals surface area contributed by atoms with Crippen LogP contribution in [0.2, 0.25) is 0 Å². The zero-order valence-electron chi connectivity index (χ0n) is 4.78. The molecule has 4 nitrogen and oxygen atoms in total. The van der Waals surface area contributed by atoms with Crippen molar-refractivity contribution < 1.29 is 19.7 Å². The molecule has 0 unspecified atom stereocenters. The van der Waals surface area contributed by atoms with Gasteiger partial charge in [-0.1, -0.05) is 6.08 Å². The first-order valence-electron chi connectivity index (χ1n) is 2.39. The van der Waals surface area contributed by atoms with E-state index in [0.717, 1.165) is 0 Å². The molecule has 0 aliphatic carbocycles. The van der Waals surface area contributed by atoms with E-state index < -0.39 is 6.16 Å². The van der Waals surface area contributed by atoms with Crippen LogP contribution < -0.4 is 0 Å². The Hall–Kier alpha value is -1.03. The Morgan fingerprint density at radius 3 is 2.67 bits per heavy atom. The van der Waals surface area contributed by atoms with Gasteiger partial charge in [-0.15, -0.1) is 0 Å². The third-order valence-corrected chi connectivity index (χ3v) is 0.575. The van der Waals surface area contributed by atoms with Crippen LogP contribution in [0, 0.1) is 0 Å². The Kier molecular flexibility index (Phi) is 4.53. The SMILES string of the molecule is O=C(O)OC/C=C/CO. The first-order chi connectivity index (χ1) is 4.27. The Labute approximate surface area is 52.4 Å². The second-order valence-electron chi connectivity index (χ2n) is 1.23. The largest absolute Gasteiger partial charge is 0.506 e. The molecule has 0 saturated carbocycles. The van der Waals surface area contributed by atoms with Crippen molar-refractivity contribution in [3.8, 4) is 0 Å². The molecule has 0 aromatic rings. The molecule has 0 saturated heterocycles. The monoisotopic (exact) mass is 132 g/mol. The number of ether oxygens (including phenoxy) is 1. The molecule has 0 radical (unpaired) electrons. The Morgan fingerprint density at radius 1 is 1.56 bits per heavy atom. The van der Waals surface area contributed by atoms with Crippen molar-refractivity contribution in [2.75, 3.05) is 13.2 Å². The fraction of sp³-hybridized carbons (Fsp3) is 0.400. The molecule has 4 heteroatoms. The summed E-state index contributed by atoms with van der Waals surface area (Å²) < 4.78 is 4.06. The molecule has 0 rings (SSSR count). The minimum atomic E-state index is -1.31. The van der Waals surface area contributed by atoms with Crippen molar-refractivity contribution >= 4 is 6.16 Å². The van der Waals surface area contributed by atoms with Crippen LogP contribution in [0.4, 0.5) is 4.79 Å². The van der Waals surface area contributed by atoms with Gasteiger partial charge < -0.3 is 14.9 Å². The van der Waals surface area contributed by atoms with Crippen LogP contribution in [0.3, 0.4) is 0 Å². The second-order valence-corrected chi connectivity index (χ2v) is 1.23. The number of aliphatic hydroxyl groups excluding tert-OH is 1. The van der Waals surface area contributed by atoms with E-state index in [1.807, 2.05) is 0 Å². The van der Waals surface area contributed by atoms with Gasteiger partial charge in [0.15, 0.2) is 0 Å². The molecular formula is C5H8O4. The van der Waals surface area contributed by atoms with Crippen molar-refractivity contribution in [2.24, 2.45) is 0 Å². The minimum absolute atomic E-state index is 0.00407. The number of hydrogen-bond donors (Lipinski definition) is 2. The van der Waals surface area contributed by atoms with Gasteiger partial charge in [0.05, 0.1) is 6.61 Å². The van der Waals surface area contributed by atoms with E-state index in [4.69, 9.17) is 10.2 Å². The maximum absolute atomic E-state index is 9.64. The van der Waals surface area contributed by atoms with Gasteiger partial charge in [0, 0.05) is 0 Å². The summed E-state index contributed by atoms with van der Waals surface area (Å²) >= 11 is 0. The first-order valence-corrected chi connectivity index (χ1v) is 2.39. The average Bonchev–Trinajstić information content (AvgIpc) is 1.80. The highest BCUT2D eigenvalue weighted by Gasteiger charge is 1.89. The summed E-state index contributed by atoms with van der Waals surface area (Å²) in [4.78, 5) is 9.64. The highest BCUT2D eigenvalue weighted by atomic mass is 16.7. The van der Waals surface area contributed by atoms with E-state index in [1.54, 1.807) is 0 Å². The van der Waals surface area contributed by atoms with E-state index in [1.165, 1.54) is 12.2 Å². The molecule has 0 fully saturated rings. The Balaban J connectivity index is 3.09. The van der Waals surface area contributed by atoms with Crippen LogP contribution in [-0.2, 0) is 4.74 Å². The number of hydrogen-bond acceptors (Lipinski definition) is 3. The van der Waals surface area contributed by atoms with Gasteiger partial charge in [0.1, 0.15) is 6.61 Å².